The van der Waals surface area contributed by atoms with Gasteiger partial charge in [-0.2, -0.15) is 4.72 Å². The predicted octanol–water partition coefficient (Wildman–Crippen LogP) is 1.92. The molecule has 0 aliphatic carbocycles. The summed E-state index contributed by atoms with van der Waals surface area (Å²) in [4.78, 5) is 13.8. The quantitative estimate of drug-likeness (QED) is 0.880. The van der Waals surface area contributed by atoms with Crippen LogP contribution in [0.2, 0.25) is 0 Å². The van der Waals surface area contributed by atoms with E-state index in [1.165, 1.54) is 17.0 Å². The van der Waals surface area contributed by atoms with E-state index in [-0.39, 0.29) is 10.8 Å². The normalized spacial score (nSPS) is 17.8. The topological polar surface area (TPSA) is 75.7 Å². The summed E-state index contributed by atoms with van der Waals surface area (Å²) in [5.74, 6) is -0.329. The highest BCUT2D eigenvalue weighted by molar-refractivity contribution is 7.89. The smallest absolute Gasteiger partial charge is 0.245 e. The van der Waals surface area contributed by atoms with Crippen LogP contribution in [0.1, 0.15) is 6.42 Å². The number of hydrogen-bond donors (Lipinski definition) is 1. The van der Waals surface area contributed by atoms with Crippen LogP contribution in [0.15, 0.2) is 53.4 Å². The maximum atomic E-state index is 13.3. The van der Waals surface area contributed by atoms with Crippen molar-refractivity contribution in [1.82, 2.24) is 4.72 Å². The van der Waals surface area contributed by atoms with Crippen molar-refractivity contribution >= 4 is 21.6 Å². The Kier molecular flexibility index (Phi) is 4.73. The largest absolute Gasteiger partial charge is 0.497 e. The number of benzene rings is 2. The van der Waals surface area contributed by atoms with E-state index in [1.807, 2.05) is 0 Å². The highest BCUT2D eigenvalue weighted by Crippen LogP contribution is 2.25. The van der Waals surface area contributed by atoms with Crippen LogP contribution in [-0.4, -0.2) is 34.0 Å². The van der Waals surface area contributed by atoms with Gasteiger partial charge in [0.05, 0.1) is 12.0 Å². The van der Waals surface area contributed by atoms with Gasteiger partial charge in [-0.05, 0) is 48.9 Å². The van der Waals surface area contributed by atoms with Crippen LogP contribution in [0.3, 0.4) is 0 Å². The van der Waals surface area contributed by atoms with E-state index in [0.717, 1.165) is 12.1 Å². The third-order valence-electron chi connectivity index (χ3n) is 3.99. The summed E-state index contributed by atoms with van der Waals surface area (Å²) >= 11 is 0. The number of methoxy groups -OCH3 is 1. The van der Waals surface area contributed by atoms with Crippen LogP contribution in [0, 0.1) is 5.82 Å². The number of ether oxygens (including phenoxy) is 1. The molecule has 0 bridgehead atoms. The number of amides is 1. The Morgan fingerprint density at radius 1 is 1.20 bits per heavy atom. The summed E-state index contributed by atoms with van der Waals surface area (Å²) in [7, 11) is -2.42. The molecule has 2 aromatic carbocycles. The molecule has 1 fully saturated rings. The van der Waals surface area contributed by atoms with Gasteiger partial charge in [0.1, 0.15) is 17.6 Å². The zero-order chi connectivity index (χ0) is 18.0. The molecule has 0 spiro atoms. The average Bonchev–Trinajstić information content (AvgIpc) is 2.95. The van der Waals surface area contributed by atoms with Gasteiger partial charge in [0.2, 0.25) is 15.9 Å². The maximum Gasteiger partial charge on any atom is 0.245 e. The van der Waals surface area contributed by atoms with E-state index in [0.29, 0.717) is 24.4 Å². The summed E-state index contributed by atoms with van der Waals surface area (Å²) in [6.45, 7) is 0.390. The lowest BCUT2D eigenvalue weighted by Crippen LogP contribution is -2.41. The van der Waals surface area contributed by atoms with Crippen molar-refractivity contribution in [2.75, 3.05) is 18.6 Å². The van der Waals surface area contributed by atoms with Gasteiger partial charge < -0.3 is 9.64 Å². The molecule has 6 nitrogen and oxygen atoms in total. The minimum absolute atomic E-state index is 0.205. The van der Waals surface area contributed by atoms with E-state index < -0.39 is 21.9 Å². The lowest BCUT2D eigenvalue weighted by Gasteiger charge is -2.17. The number of nitrogens with zero attached hydrogens (tertiary/aromatic N) is 1. The molecule has 2 aromatic rings. The van der Waals surface area contributed by atoms with Gasteiger partial charge in [0.25, 0.3) is 0 Å². The molecule has 1 aliphatic heterocycles. The average molecular weight is 364 g/mol. The molecular formula is C17H17FN2O4S. The molecule has 1 heterocycles. The van der Waals surface area contributed by atoms with E-state index in [1.54, 1.807) is 31.4 Å². The first-order valence-electron chi connectivity index (χ1n) is 7.64. The summed E-state index contributed by atoms with van der Waals surface area (Å²) in [5, 5.41) is 0. The lowest BCUT2D eigenvalue weighted by atomic mass is 10.2. The summed E-state index contributed by atoms with van der Waals surface area (Å²) in [6.07, 6.45) is 0.333. The Balaban J connectivity index is 1.75. The molecule has 132 valence electrons. The third-order valence-corrected chi connectivity index (χ3v) is 5.46. The fraction of sp³-hybridized carbons (Fsp3) is 0.235. The Labute approximate surface area is 145 Å². The molecule has 1 aliphatic rings. The second-order valence-corrected chi connectivity index (χ2v) is 7.32. The van der Waals surface area contributed by atoms with Crippen LogP contribution in [0.25, 0.3) is 0 Å². The van der Waals surface area contributed by atoms with E-state index in [4.69, 9.17) is 4.74 Å². The van der Waals surface area contributed by atoms with Crippen molar-refractivity contribution in [2.24, 2.45) is 0 Å². The lowest BCUT2D eigenvalue weighted by molar-refractivity contribution is -0.118. The molecule has 25 heavy (non-hydrogen) atoms. The van der Waals surface area contributed by atoms with Crippen LogP contribution in [0.5, 0.6) is 5.75 Å². The highest BCUT2D eigenvalue weighted by atomic mass is 32.2. The van der Waals surface area contributed by atoms with Crippen LogP contribution in [0.4, 0.5) is 10.1 Å². The number of carbonyl (C=O) groups excluding carboxylic acids is 1. The molecule has 0 radical (unpaired) electrons. The number of sulfonamides is 1. The maximum absolute atomic E-state index is 13.3. The first-order chi connectivity index (χ1) is 11.9. The molecule has 1 saturated heterocycles. The van der Waals surface area contributed by atoms with Crippen molar-refractivity contribution < 1.29 is 22.3 Å². The second-order valence-electron chi connectivity index (χ2n) is 5.61. The van der Waals surface area contributed by atoms with E-state index >= 15 is 0 Å². The molecule has 0 saturated carbocycles. The van der Waals surface area contributed by atoms with Gasteiger partial charge in [-0.25, -0.2) is 12.8 Å². The van der Waals surface area contributed by atoms with Crippen molar-refractivity contribution in [2.45, 2.75) is 17.4 Å². The number of halogens is 1. The monoisotopic (exact) mass is 364 g/mol. The number of rotatable bonds is 5. The van der Waals surface area contributed by atoms with E-state index in [2.05, 4.69) is 4.72 Å². The molecule has 1 amide bonds. The van der Waals surface area contributed by atoms with Crippen LogP contribution in [-0.2, 0) is 14.8 Å². The minimum Gasteiger partial charge on any atom is -0.497 e. The zero-order valence-corrected chi connectivity index (χ0v) is 14.3. The fourth-order valence-corrected chi connectivity index (χ4v) is 3.95. The summed E-state index contributed by atoms with van der Waals surface area (Å²) in [6, 6.07) is 10.7. The van der Waals surface area contributed by atoms with E-state index in [9.17, 15) is 17.6 Å². The molecule has 1 N–H and O–H groups in total. The molecule has 0 aromatic heterocycles. The zero-order valence-electron chi connectivity index (χ0n) is 13.5. The molecular weight excluding hydrogens is 347 g/mol. The van der Waals surface area contributed by atoms with Gasteiger partial charge in [-0.15, -0.1) is 0 Å². The van der Waals surface area contributed by atoms with Gasteiger partial charge in [-0.3, -0.25) is 4.79 Å². The van der Waals surface area contributed by atoms with Crippen molar-refractivity contribution in [3.8, 4) is 5.75 Å². The summed E-state index contributed by atoms with van der Waals surface area (Å²) in [5.41, 5.74) is 0.665. The van der Waals surface area contributed by atoms with Gasteiger partial charge >= 0.3 is 0 Å². The van der Waals surface area contributed by atoms with Crippen LogP contribution >= 0.6 is 0 Å². The predicted molar refractivity (Wildman–Crippen MR) is 90.5 cm³/mol. The Morgan fingerprint density at radius 3 is 2.56 bits per heavy atom. The number of anilines is 1. The van der Waals surface area contributed by atoms with Crippen molar-refractivity contribution in [1.29, 1.82) is 0 Å². The first-order valence-corrected chi connectivity index (χ1v) is 9.12. The van der Waals surface area contributed by atoms with Crippen molar-refractivity contribution in [3.63, 3.8) is 0 Å². The Morgan fingerprint density at radius 2 is 1.92 bits per heavy atom. The van der Waals surface area contributed by atoms with Crippen LogP contribution < -0.4 is 14.4 Å². The van der Waals surface area contributed by atoms with Gasteiger partial charge in [0, 0.05) is 12.2 Å². The standard InChI is InChI=1S/C17H17FN2O4S/c1-24-14-7-5-13(6-8-14)20-10-9-16(17(20)21)19-25(22,23)15-4-2-3-12(18)11-15/h2-8,11,16,19H,9-10H2,1H3. The molecule has 3 rings (SSSR count). The Bertz CT molecular complexity index is 884. The number of carbonyl (C=O) groups is 1. The van der Waals surface area contributed by atoms with Gasteiger partial charge in [0.15, 0.2) is 0 Å². The Hall–Kier alpha value is -2.45. The third kappa shape index (κ3) is 3.64. The number of nitrogens with one attached hydrogen (secondary N) is 1. The van der Waals surface area contributed by atoms with Crippen molar-refractivity contribution in [3.05, 3.63) is 54.3 Å². The fourth-order valence-electron chi connectivity index (χ4n) is 2.70. The minimum atomic E-state index is -3.97. The first kappa shape index (κ1) is 17.4. The SMILES string of the molecule is COc1ccc(N2CCC(NS(=O)(=O)c3cccc(F)c3)C2=O)cc1. The molecule has 8 heteroatoms. The molecule has 1 atom stereocenters. The number of hydrogen-bond acceptors (Lipinski definition) is 4. The molecule has 1 unspecified atom stereocenters. The second kappa shape index (κ2) is 6.81. The summed E-state index contributed by atoms with van der Waals surface area (Å²) < 4.78 is 45.4. The van der Waals surface area contributed by atoms with Gasteiger partial charge in [-0.1, -0.05) is 6.07 Å². The highest BCUT2D eigenvalue weighted by Gasteiger charge is 2.35.